The van der Waals surface area contributed by atoms with Crippen LogP contribution in [0.25, 0.3) is 10.8 Å². The topological polar surface area (TPSA) is 67.1 Å². The molecule has 0 atom stereocenters. The van der Waals surface area contributed by atoms with Gasteiger partial charge in [0.2, 0.25) is 0 Å². The van der Waals surface area contributed by atoms with Gasteiger partial charge in [-0.3, -0.25) is 9.67 Å². The molecule has 0 aliphatic carbocycles. The van der Waals surface area contributed by atoms with Gasteiger partial charge in [0.05, 0.1) is 24.5 Å². The highest BCUT2D eigenvalue weighted by molar-refractivity contribution is 5.85. The summed E-state index contributed by atoms with van der Waals surface area (Å²) in [4.78, 5) is 9.15. The molecule has 2 heterocycles. The van der Waals surface area contributed by atoms with Crippen LogP contribution in [0.5, 0.6) is 0 Å². The molecule has 2 aromatic heterocycles. The number of nitrogens with one attached hydrogen (secondary N) is 2. The molecule has 0 fully saturated rings. The summed E-state index contributed by atoms with van der Waals surface area (Å²) in [5.74, 6) is 0.772. The van der Waals surface area contributed by atoms with Crippen molar-refractivity contribution in [2.45, 2.75) is 20.0 Å². The normalized spacial score (nSPS) is 11.7. The Hall–Kier alpha value is -2.89. The minimum Gasteiger partial charge on any atom is -0.357 e. The zero-order chi connectivity index (χ0) is 16.8. The van der Waals surface area contributed by atoms with E-state index in [0.29, 0.717) is 13.1 Å². The van der Waals surface area contributed by atoms with Crippen molar-refractivity contribution in [1.29, 1.82) is 0 Å². The summed E-state index contributed by atoms with van der Waals surface area (Å²) in [6.45, 7) is 4.06. The van der Waals surface area contributed by atoms with Crippen molar-refractivity contribution in [2.24, 2.45) is 12.0 Å². The summed E-state index contributed by atoms with van der Waals surface area (Å²) >= 11 is 0. The summed E-state index contributed by atoms with van der Waals surface area (Å²) in [5, 5.41) is 13.1. The van der Waals surface area contributed by atoms with Crippen molar-refractivity contribution in [2.75, 3.05) is 6.54 Å². The Morgan fingerprint density at radius 1 is 1.12 bits per heavy atom. The van der Waals surface area contributed by atoms with Crippen molar-refractivity contribution in [1.82, 2.24) is 25.4 Å². The molecule has 3 aromatic rings. The highest BCUT2D eigenvalue weighted by atomic mass is 15.3. The van der Waals surface area contributed by atoms with Gasteiger partial charge in [-0.2, -0.15) is 5.10 Å². The lowest BCUT2D eigenvalue weighted by molar-refractivity contribution is 0.684. The zero-order valence-corrected chi connectivity index (χ0v) is 14.0. The molecule has 0 bridgehead atoms. The third kappa shape index (κ3) is 3.71. The highest BCUT2D eigenvalue weighted by Crippen LogP contribution is 2.16. The molecule has 24 heavy (non-hydrogen) atoms. The summed E-state index contributed by atoms with van der Waals surface area (Å²) in [5.41, 5.74) is 2.08. The van der Waals surface area contributed by atoms with Crippen LogP contribution in [0.2, 0.25) is 0 Å². The minimum atomic E-state index is 0.530. The van der Waals surface area contributed by atoms with Crippen molar-refractivity contribution in [3.05, 3.63) is 60.2 Å². The molecule has 1 aromatic carbocycles. The lowest BCUT2D eigenvalue weighted by atomic mass is 10.1. The first-order chi connectivity index (χ1) is 11.8. The number of hydrogen-bond donors (Lipinski definition) is 2. The van der Waals surface area contributed by atoms with Crippen LogP contribution in [0.15, 0.2) is 53.8 Å². The highest BCUT2D eigenvalue weighted by Gasteiger charge is 2.04. The van der Waals surface area contributed by atoms with E-state index in [4.69, 9.17) is 0 Å². The van der Waals surface area contributed by atoms with Gasteiger partial charge < -0.3 is 10.6 Å². The minimum absolute atomic E-state index is 0.530. The smallest absolute Gasteiger partial charge is 0.191 e. The predicted octanol–water partition coefficient (Wildman–Crippen LogP) is 2.22. The molecule has 124 valence electrons. The first kappa shape index (κ1) is 16.0. The van der Waals surface area contributed by atoms with Gasteiger partial charge in [0, 0.05) is 31.4 Å². The van der Waals surface area contributed by atoms with Crippen LogP contribution < -0.4 is 10.6 Å². The third-order valence-electron chi connectivity index (χ3n) is 3.85. The number of guanidine groups is 1. The first-order valence-electron chi connectivity index (χ1n) is 8.09. The van der Waals surface area contributed by atoms with Crippen molar-refractivity contribution >= 4 is 16.7 Å². The van der Waals surface area contributed by atoms with Crippen LogP contribution in [0.4, 0.5) is 0 Å². The fourth-order valence-electron chi connectivity index (χ4n) is 2.55. The van der Waals surface area contributed by atoms with E-state index in [1.165, 1.54) is 5.39 Å². The quantitative estimate of drug-likeness (QED) is 0.558. The Morgan fingerprint density at radius 3 is 2.79 bits per heavy atom. The second-order valence-corrected chi connectivity index (χ2v) is 5.47. The molecule has 0 aliphatic rings. The Morgan fingerprint density at radius 2 is 2.00 bits per heavy atom. The maximum absolute atomic E-state index is 4.67. The van der Waals surface area contributed by atoms with Crippen LogP contribution in [-0.2, 0) is 20.1 Å². The van der Waals surface area contributed by atoms with Gasteiger partial charge in [-0.1, -0.05) is 24.3 Å². The molecule has 3 rings (SSSR count). The molecule has 0 radical (unpaired) electrons. The number of aryl methyl sites for hydroxylation is 1. The van der Waals surface area contributed by atoms with Gasteiger partial charge in [-0.25, -0.2) is 4.99 Å². The third-order valence-corrected chi connectivity index (χ3v) is 3.85. The molecule has 0 unspecified atom stereocenters. The Kier molecular flexibility index (Phi) is 5.05. The maximum Gasteiger partial charge on any atom is 0.191 e. The fraction of sp³-hybridized carbons (Fsp3) is 0.278. The van der Waals surface area contributed by atoms with Crippen molar-refractivity contribution in [3.8, 4) is 0 Å². The molecular formula is C18H22N6. The molecule has 0 spiro atoms. The molecule has 0 saturated heterocycles. The lowest BCUT2D eigenvalue weighted by Crippen LogP contribution is -2.37. The van der Waals surface area contributed by atoms with Gasteiger partial charge in [0.15, 0.2) is 5.96 Å². The summed E-state index contributed by atoms with van der Waals surface area (Å²) < 4.78 is 1.85. The van der Waals surface area contributed by atoms with E-state index in [2.05, 4.69) is 44.8 Å². The van der Waals surface area contributed by atoms with E-state index in [0.717, 1.165) is 29.3 Å². The van der Waals surface area contributed by atoms with Crippen LogP contribution >= 0.6 is 0 Å². The van der Waals surface area contributed by atoms with E-state index in [-0.39, 0.29) is 0 Å². The lowest BCUT2D eigenvalue weighted by Gasteiger charge is -2.11. The van der Waals surface area contributed by atoms with Gasteiger partial charge in [0.1, 0.15) is 0 Å². The zero-order valence-electron chi connectivity index (χ0n) is 14.0. The van der Waals surface area contributed by atoms with Crippen molar-refractivity contribution in [3.63, 3.8) is 0 Å². The van der Waals surface area contributed by atoms with Gasteiger partial charge in [-0.05, 0) is 24.4 Å². The summed E-state index contributed by atoms with van der Waals surface area (Å²) in [7, 11) is 1.93. The summed E-state index contributed by atoms with van der Waals surface area (Å²) in [6, 6.07) is 12.3. The number of rotatable bonds is 5. The van der Waals surface area contributed by atoms with Gasteiger partial charge in [-0.15, -0.1) is 0 Å². The molecule has 0 saturated carbocycles. The Bertz CT molecular complexity index is 831. The standard InChI is InChI=1S/C18H22N6/c1-3-19-18(21-12-15-9-11-23-24(15)2)22-13-17-16-7-5-4-6-14(16)8-10-20-17/h4-11H,3,12-13H2,1-2H3,(H2,19,21,22). The first-order valence-corrected chi connectivity index (χ1v) is 8.09. The van der Waals surface area contributed by atoms with Gasteiger partial charge in [0.25, 0.3) is 0 Å². The van der Waals surface area contributed by atoms with Gasteiger partial charge >= 0.3 is 0 Å². The van der Waals surface area contributed by atoms with E-state index < -0.39 is 0 Å². The second-order valence-electron chi connectivity index (χ2n) is 5.47. The predicted molar refractivity (Wildman–Crippen MR) is 96.6 cm³/mol. The summed E-state index contributed by atoms with van der Waals surface area (Å²) in [6.07, 6.45) is 3.63. The average Bonchev–Trinajstić information content (AvgIpc) is 3.02. The SMILES string of the molecule is CCNC(=NCc1nccc2ccccc12)NCc1ccnn1C. The van der Waals surface area contributed by atoms with E-state index in [9.17, 15) is 0 Å². The fourth-order valence-corrected chi connectivity index (χ4v) is 2.55. The number of hydrogen-bond acceptors (Lipinski definition) is 3. The average molecular weight is 322 g/mol. The largest absolute Gasteiger partial charge is 0.357 e. The number of pyridine rings is 1. The number of benzene rings is 1. The molecular weight excluding hydrogens is 300 g/mol. The van der Waals surface area contributed by atoms with Crippen LogP contribution in [0.1, 0.15) is 18.3 Å². The van der Waals surface area contributed by atoms with Crippen LogP contribution in [0, 0.1) is 0 Å². The number of fused-ring (bicyclic) bond motifs is 1. The van der Waals surface area contributed by atoms with Crippen molar-refractivity contribution < 1.29 is 0 Å². The molecule has 0 amide bonds. The van der Waals surface area contributed by atoms with Crippen LogP contribution in [-0.4, -0.2) is 27.3 Å². The number of aliphatic imine (C=N–C) groups is 1. The van der Waals surface area contributed by atoms with E-state index in [1.807, 2.05) is 42.2 Å². The maximum atomic E-state index is 4.67. The second kappa shape index (κ2) is 7.59. The Labute approximate surface area is 141 Å². The van der Waals surface area contributed by atoms with E-state index >= 15 is 0 Å². The monoisotopic (exact) mass is 322 g/mol. The number of aromatic nitrogens is 3. The molecule has 6 heteroatoms. The number of nitrogens with zero attached hydrogens (tertiary/aromatic N) is 4. The molecule has 2 N–H and O–H groups in total. The van der Waals surface area contributed by atoms with E-state index in [1.54, 1.807) is 6.20 Å². The van der Waals surface area contributed by atoms with Crippen LogP contribution in [0.3, 0.4) is 0 Å². The molecule has 6 nitrogen and oxygen atoms in total. The molecule has 0 aliphatic heterocycles. The Balaban J connectivity index is 1.74.